The SMILES string of the molecule is CCc1cnc(CNc2nc(C)cnc2C)s1. The predicted molar refractivity (Wildman–Crippen MR) is 70.3 cm³/mol. The van der Waals surface area contributed by atoms with E-state index in [4.69, 9.17) is 0 Å². The van der Waals surface area contributed by atoms with Crippen LogP contribution >= 0.6 is 11.3 Å². The van der Waals surface area contributed by atoms with Crippen molar-refractivity contribution >= 4 is 17.2 Å². The largest absolute Gasteiger partial charge is 0.362 e. The summed E-state index contributed by atoms with van der Waals surface area (Å²) in [6.45, 7) is 6.74. The van der Waals surface area contributed by atoms with Crippen molar-refractivity contribution in [2.45, 2.75) is 33.7 Å². The molecule has 0 radical (unpaired) electrons. The van der Waals surface area contributed by atoms with Crippen LogP contribution < -0.4 is 5.32 Å². The van der Waals surface area contributed by atoms with E-state index in [1.165, 1.54) is 4.88 Å². The maximum absolute atomic E-state index is 4.42. The highest BCUT2D eigenvalue weighted by Crippen LogP contribution is 2.15. The third kappa shape index (κ3) is 3.00. The van der Waals surface area contributed by atoms with Crippen LogP contribution in [0.1, 0.15) is 28.2 Å². The summed E-state index contributed by atoms with van der Waals surface area (Å²) in [5, 5.41) is 4.37. The quantitative estimate of drug-likeness (QED) is 0.904. The van der Waals surface area contributed by atoms with Gasteiger partial charge in [-0.2, -0.15) is 0 Å². The normalized spacial score (nSPS) is 10.5. The van der Waals surface area contributed by atoms with Crippen molar-refractivity contribution in [1.29, 1.82) is 0 Å². The molecule has 4 nitrogen and oxygen atoms in total. The van der Waals surface area contributed by atoms with E-state index in [2.05, 4.69) is 27.2 Å². The van der Waals surface area contributed by atoms with Gasteiger partial charge in [-0.05, 0) is 20.3 Å². The Morgan fingerprint density at radius 1 is 1.24 bits per heavy atom. The molecule has 0 amide bonds. The van der Waals surface area contributed by atoms with Gasteiger partial charge in [-0.25, -0.2) is 9.97 Å². The molecule has 2 aromatic heterocycles. The Bertz CT molecular complexity index is 507. The number of aromatic nitrogens is 3. The fourth-order valence-electron chi connectivity index (χ4n) is 1.46. The van der Waals surface area contributed by atoms with Crippen LogP contribution in [0.5, 0.6) is 0 Å². The van der Waals surface area contributed by atoms with E-state index in [9.17, 15) is 0 Å². The van der Waals surface area contributed by atoms with Gasteiger partial charge in [0.2, 0.25) is 0 Å². The smallest absolute Gasteiger partial charge is 0.148 e. The van der Waals surface area contributed by atoms with Crippen LogP contribution in [-0.4, -0.2) is 15.0 Å². The van der Waals surface area contributed by atoms with Crippen molar-refractivity contribution in [3.63, 3.8) is 0 Å². The zero-order chi connectivity index (χ0) is 12.3. The van der Waals surface area contributed by atoms with Crippen molar-refractivity contribution in [1.82, 2.24) is 15.0 Å². The second-order valence-corrected chi connectivity index (χ2v) is 5.07. The maximum Gasteiger partial charge on any atom is 0.148 e. The summed E-state index contributed by atoms with van der Waals surface area (Å²) in [7, 11) is 0. The van der Waals surface area contributed by atoms with Gasteiger partial charge in [0.25, 0.3) is 0 Å². The van der Waals surface area contributed by atoms with Gasteiger partial charge in [0.05, 0.1) is 17.9 Å². The first-order valence-corrected chi connectivity index (χ1v) is 6.48. The molecule has 0 aromatic carbocycles. The Hall–Kier alpha value is -1.49. The molecule has 2 heterocycles. The molecule has 0 aliphatic heterocycles. The Kier molecular flexibility index (Phi) is 3.68. The maximum atomic E-state index is 4.42. The monoisotopic (exact) mass is 248 g/mol. The van der Waals surface area contributed by atoms with Gasteiger partial charge in [0.1, 0.15) is 10.8 Å². The molecule has 90 valence electrons. The minimum Gasteiger partial charge on any atom is -0.362 e. The first kappa shape index (κ1) is 12.0. The molecule has 0 aliphatic rings. The van der Waals surface area contributed by atoms with E-state index in [0.717, 1.165) is 28.6 Å². The number of thiazole rings is 1. The van der Waals surface area contributed by atoms with Crippen LogP contribution in [0.3, 0.4) is 0 Å². The third-order valence-electron chi connectivity index (χ3n) is 2.43. The number of hydrogen-bond donors (Lipinski definition) is 1. The highest BCUT2D eigenvalue weighted by Gasteiger charge is 2.04. The van der Waals surface area contributed by atoms with Gasteiger partial charge >= 0.3 is 0 Å². The predicted octanol–water partition coefficient (Wildman–Crippen LogP) is 2.72. The van der Waals surface area contributed by atoms with Gasteiger partial charge in [-0.15, -0.1) is 11.3 Å². The van der Waals surface area contributed by atoms with Gasteiger partial charge in [0.15, 0.2) is 0 Å². The van der Waals surface area contributed by atoms with Crippen LogP contribution in [-0.2, 0) is 13.0 Å². The second-order valence-electron chi connectivity index (χ2n) is 3.87. The third-order valence-corrected chi connectivity index (χ3v) is 3.57. The van der Waals surface area contributed by atoms with E-state index in [1.807, 2.05) is 20.0 Å². The van der Waals surface area contributed by atoms with E-state index >= 15 is 0 Å². The molecule has 0 aliphatic carbocycles. The fourth-order valence-corrected chi connectivity index (χ4v) is 2.26. The summed E-state index contributed by atoms with van der Waals surface area (Å²) in [6.07, 6.45) is 4.76. The van der Waals surface area contributed by atoms with Gasteiger partial charge in [0, 0.05) is 17.3 Å². The summed E-state index contributed by atoms with van der Waals surface area (Å²) in [4.78, 5) is 14.4. The Labute approximate surface area is 105 Å². The van der Waals surface area contributed by atoms with E-state index in [0.29, 0.717) is 6.54 Å². The van der Waals surface area contributed by atoms with Crippen molar-refractivity contribution in [2.24, 2.45) is 0 Å². The van der Waals surface area contributed by atoms with Crippen LogP contribution in [0, 0.1) is 13.8 Å². The average molecular weight is 248 g/mol. The lowest BCUT2D eigenvalue weighted by Gasteiger charge is -2.06. The van der Waals surface area contributed by atoms with Crippen LogP contribution in [0.25, 0.3) is 0 Å². The number of aryl methyl sites for hydroxylation is 3. The number of anilines is 1. The molecule has 2 rings (SSSR count). The molecular formula is C12H16N4S. The first-order valence-electron chi connectivity index (χ1n) is 5.66. The Balaban J connectivity index is 2.04. The van der Waals surface area contributed by atoms with Crippen molar-refractivity contribution in [2.75, 3.05) is 5.32 Å². The van der Waals surface area contributed by atoms with Crippen LogP contribution in [0.15, 0.2) is 12.4 Å². The molecule has 0 saturated carbocycles. The van der Waals surface area contributed by atoms with Crippen molar-refractivity contribution in [3.05, 3.63) is 33.7 Å². The minimum absolute atomic E-state index is 0.712. The summed E-state index contributed by atoms with van der Waals surface area (Å²) >= 11 is 1.74. The molecule has 0 spiro atoms. The average Bonchev–Trinajstić information content (AvgIpc) is 2.78. The molecule has 0 unspecified atom stereocenters. The Morgan fingerprint density at radius 3 is 2.76 bits per heavy atom. The molecule has 2 aromatic rings. The lowest BCUT2D eigenvalue weighted by Crippen LogP contribution is -2.04. The molecule has 5 heteroatoms. The van der Waals surface area contributed by atoms with Gasteiger partial charge in [-0.1, -0.05) is 6.92 Å². The number of nitrogens with one attached hydrogen (secondary N) is 1. The van der Waals surface area contributed by atoms with Crippen LogP contribution in [0.2, 0.25) is 0 Å². The van der Waals surface area contributed by atoms with E-state index < -0.39 is 0 Å². The molecule has 0 bridgehead atoms. The molecule has 0 atom stereocenters. The Morgan fingerprint density at radius 2 is 2.06 bits per heavy atom. The lowest BCUT2D eigenvalue weighted by atomic mass is 10.4. The highest BCUT2D eigenvalue weighted by molar-refractivity contribution is 7.11. The summed E-state index contributed by atoms with van der Waals surface area (Å²) in [6, 6.07) is 0. The molecular weight excluding hydrogens is 232 g/mol. The second kappa shape index (κ2) is 5.23. The summed E-state index contributed by atoms with van der Waals surface area (Å²) < 4.78 is 0. The van der Waals surface area contributed by atoms with Crippen molar-refractivity contribution in [3.8, 4) is 0 Å². The summed E-state index contributed by atoms with van der Waals surface area (Å²) in [5.74, 6) is 0.846. The zero-order valence-corrected chi connectivity index (χ0v) is 11.1. The molecule has 1 N–H and O–H groups in total. The molecule has 17 heavy (non-hydrogen) atoms. The van der Waals surface area contributed by atoms with E-state index in [-0.39, 0.29) is 0 Å². The topological polar surface area (TPSA) is 50.7 Å². The molecule has 0 saturated heterocycles. The fraction of sp³-hybridized carbons (Fsp3) is 0.417. The number of rotatable bonds is 4. The van der Waals surface area contributed by atoms with Gasteiger partial charge in [-0.3, -0.25) is 4.98 Å². The van der Waals surface area contributed by atoms with E-state index in [1.54, 1.807) is 17.5 Å². The van der Waals surface area contributed by atoms with Gasteiger partial charge < -0.3 is 5.32 Å². The minimum atomic E-state index is 0.712. The lowest BCUT2D eigenvalue weighted by molar-refractivity contribution is 1.01. The van der Waals surface area contributed by atoms with Crippen LogP contribution in [0.4, 0.5) is 5.82 Å². The highest BCUT2D eigenvalue weighted by atomic mass is 32.1. The summed E-state index contributed by atoms with van der Waals surface area (Å²) in [5.41, 5.74) is 1.84. The van der Waals surface area contributed by atoms with Crippen molar-refractivity contribution < 1.29 is 0 Å². The molecule has 0 fully saturated rings. The number of hydrogen-bond acceptors (Lipinski definition) is 5. The standard InChI is InChI=1S/C12H16N4S/c1-4-10-6-14-11(17-10)7-15-12-9(3)13-5-8(2)16-12/h5-6H,4,7H2,1-3H3,(H,15,16). The first-order chi connectivity index (χ1) is 8.19. The zero-order valence-electron chi connectivity index (χ0n) is 10.3. The number of nitrogens with zero attached hydrogens (tertiary/aromatic N) is 3.